The van der Waals surface area contributed by atoms with E-state index < -0.39 is 0 Å². The summed E-state index contributed by atoms with van der Waals surface area (Å²) in [6.07, 6.45) is 9.41. The number of aryl methyl sites for hydroxylation is 3. The first-order valence-corrected chi connectivity index (χ1v) is 15.6. The highest BCUT2D eigenvalue weighted by molar-refractivity contribution is 7.22. The zero-order chi connectivity index (χ0) is 28.6. The quantitative estimate of drug-likeness (QED) is 0.198. The molecule has 2 aromatic carbocycles. The first-order chi connectivity index (χ1) is 20.5. The van der Waals surface area contributed by atoms with Gasteiger partial charge in [0.05, 0.1) is 16.1 Å². The van der Waals surface area contributed by atoms with Gasteiger partial charge in [0, 0.05) is 28.9 Å². The predicted molar refractivity (Wildman–Crippen MR) is 166 cm³/mol. The molecule has 0 bridgehead atoms. The lowest BCUT2D eigenvalue weighted by Gasteiger charge is -2.28. The third-order valence-corrected chi connectivity index (χ3v) is 9.83. The van der Waals surface area contributed by atoms with Gasteiger partial charge >= 0.3 is 0 Å². The Morgan fingerprint density at radius 2 is 2.00 bits per heavy atom. The third kappa shape index (κ3) is 5.61. The molecule has 1 aliphatic heterocycles. The third-order valence-electron chi connectivity index (χ3n) is 8.36. The van der Waals surface area contributed by atoms with Gasteiger partial charge in [-0.1, -0.05) is 23.7 Å². The van der Waals surface area contributed by atoms with E-state index in [0.717, 1.165) is 52.6 Å². The first kappa shape index (κ1) is 27.3. The summed E-state index contributed by atoms with van der Waals surface area (Å²) in [4.78, 5) is 13.9. The summed E-state index contributed by atoms with van der Waals surface area (Å²) < 4.78 is 21.5. The van der Waals surface area contributed by atoms with Crippen LogP contribution >= 0.6 is 22.9 Å². The van der Waals surface area contributed by atoms with Gasteiger partial charge in [-0.15, -0.1) is 11.3 Å². The Balaban J connectivity index is 1.09. The second kappa shape index (κ2) is 11.6. The maximum absolute atomic E-state index is 13.5. The van der Waals surface area contributed by atoms with Crippen LogP contribution in [0.4, 0.5) is 15.9 Å². The molecule has 0 saturated carbocycles. The average molecular weight is 603 g/mol. The minimum absolute atomic E-state index is 0.231. The van der Waals surface area contributed by atoms with Crippen molar-refractivity contribution in [2.45, 2.75) is 45.3 Å². The summed E-state index contributed by atoms with van der Waals surface area (Å²) in [5.74, 6) is 1.79. The van der Waals surface area contributed by atoms with Crippen LogP contribution in [0.1, 0.15) is 36.1 Å². The SMILES string of the molecule is CN1CCC(CCn2cc3c(n2)CCc2c-3sc3ncnc(Nc4ccc(OCc5cccc(F)c5)c(Cl)c4)c23)CC1. The van der Waals surface area contributed by atoms with E-state index in [0.29, 0.717) is 10.8 Å². The molecule has 1 fully saturated rings. The van der Waals surface area contributed by atoms with Crippen LogP contribution in [-0.4, -0.2) is 44.8 Å². The van der Waals surface area contributed by atoms with E-state index >= 15 is 0 Å². The Morgan fingerprint density at radius 3 is 2.83 bits per heavy atom. The molecule has 42 heavy (non-hydrogen) atoms. The molecule has 1 saturated heterocycles. The summed E-state index contributed by atoms with van der Waals surface area (Å²) in [6.45, 7) is 3.60. The first-order valence-electron chi connectivity index (χ1n) is 14.5. The standard InChI is InChI=1S/C32H32ClFN6OS/c1-39-12-9-20(10-13-39)11-14-40-17-25-27(38-40)7-6-24-29-31(35-19-36-32(29)42-30(24)25)37-23-5-8-28(26(33)16-23)41-18-21-3-2-4-22(34)15-21/h2-5,8,15-17,19-20H,6-7,9-14,18H2,1H3,(H,35,36,37). The number of halogens is 2. The fourth-order valence-electron chi connectivity index (χ4n) is 6.02. The normalized spacial score (nSPS) is 15.5. The van der Waals surface area contributed by atoms with Gasteiger partial charge in [-0.2, -0.15) is 5.10 Å². The van der Waals surface area contributed by atoms with Gasteiger partial charge in [-0.05, 0) is 99.6 Å². The fraction of sp³-hybridized carbons (Fsp3) is 0.344. The van der Waals surface area contributed by atoms with Gasteiger partial charge in [0.1, 0.15) is 35.1 Å². The molecule has 0 spiro atoms. The Bertz CT molecular complexity index is 1740. The Morgan fingerprint density at radius 1 is 1.12 bits per heavy atom. The molecule has 5 aromatic rings. The van der Waals surface area contributed by atoms with Gasteiger partial charge in [-0.3, -0.25) is 4.68 Å². The fourth-order valence-corrected chi connectivity index (χ4v) is 7.48. The van der Waals surface area contributed by atoms with Gasteiger partial charge in [0.2, 0.25) is 0 Å². The van der Waals surface area contributed by atoms with Crippen LogP contribution < -0.4 is 10.1 Å². The number of nitrogens with one attached hydrogen (secondary N) is 1. The van der Waals surface area contributed by atoms with Gasteiger partial charge < -0.3 is 15.0 Å². The summed E-state index contributed by atoms with van der Waals surface area (Å²) in [5.41, 5.74) is 5.24. The number of rotatable bonds is 8. The zero-order valence-electron chi connectivity index (χ0n) is 23.4. The summed E-state index contributed by atoms with van der Waals surface area (Å²) >= 11 is 8.28. The van der Waals surface area contributed by atoms with Crippen molar-refractivity contribution in [3.63, 3.8) is 0 Å². The van der Waals surface area contributed by atoms with Crippen LogP contribution in [0, 0.1) is 11.7 Å². The molecule has 0 radical (unpaired) electrons. The van der Waals surface area contributed by atoms with Crippen LogP contribution in [0.3, 0.4) is 0 Å². The number of nitrogens with zero attached hydrogens (tertiary/aromatic N) is 5. The van der Waals surface area contributed by atoms with E-state index in [-0.39, 0.29) is 12.4 Å². The zero-order valence-corrected chi connectivity index (χ0v) is 25.0. The van der Waals surface area contributed by atoms with Crippen molar-refractivity contribution in [1.29, 1.82) is 0 Å². The molecule has 0 unspecified atom stereocenters. The Hall–Kier alpha value is -3.53. The Labute approximate surface area is 253 Å². The number of aromatic nitrogens is 4. The highest BCUT2D eigenvalue weighted by Crippen LogP contribution is 2.45. The van der Waals surface area contributed by atoms with E-state index in [1.807, 2.05) is 24.3 Å². The van der Waals surface area contributed by atoms with E-state index in [9.17, 15) is 4.39 Å². The molecule has 4 heterocycles. The average Bonchev–Trinajstić information content (AvgIpc) is 3.58. The van der Waals surface area contributed by atoms with Crippen LogP contribution in [-0.2, 0) is 26.0 Å². The van der Waals surface area contributed by atoms with Gasteiger partial charge in [0.25, 0.3) is 0 Å². The smallest absolute Gasteiger partial charge is 0.142 e. The molecule has 0 atom stereocenters. The maximum Gasteiger partial charge on any atom is 0.142 e. The molecule has 7 rings (SSSR count). The van der Waals surface area contributed by atoms with Crippen molar-refractivity contribution in [2.24, 2.45) is 5.92 Å². The highest BCUT2D eigenvalue weighted by atomic mass is 35.5. The van der Waals surface area contributed by atoms with Crippen molar-refractivity contribution in [3.8, 4) is 16.2 Å². The highest BCUT2D eigenvalue weighted by Gasteiger charge is 2.27. The lowest BCUT2D eigenvalue weighted by atomic mass is 9.94. The number of anilines is 2. The molecule has 7 nitrogen and oxygen atoms in total. The molecular formula is C32H32ClFN6OS. The molecule has 3 aromatic heterocycles. The van der Waals surface area contributed by atoms with Crippen molar-refractivity contribution in [3.05, 3.63) is 82.6 Å². The number of fused-ring (bicyclic) bond motifs is 5. The predicted octanol–water partition coefficient (Wildman–Crippen LogP) is 7.50. The summed E-state index contributed by atoms with van der Waals surface area (Å²) in [6, 6.07) is 11.9. The maximum atomic E-state index is 13.5. The second-order valence-corrected chi connectivity index (χ2v) is 12.7. The molecule has 2 aliphatic rings. The molecule has 1 N–H and O–H groups in total. The van der Waals surface area contributed by atoms with Crippen molar-refractivity contribution in [1.82, 2.24) is 24.6 Å². The lowest BCUT2D eigenvalue weighted by molar-refractivity contribution is 0.206. The molecule has 216 valence electrons. The van der Waals surface area contributed by atoms with Crippen LogP contribution in [0.15, 0.2) is 55.0 Å². The van der Waals surface area contributed by atoms with Crippen LogP contribution in [0.25, 0.3) is 20.7 Å². The number of piperidine rings is 1. The van der Waals surface area contributed by atoms with Crippen molar-refractivity contribution in [2.75, 3.05) is 25.5 Å². The summed E-state index contributed by atoms with van der Waals surface area (Å²) in [7, 11) is 2.21. The van der Waals surface area contributed by atoms with Gasteiger partial charge in [-0.25, -0.2) is 14.4 Å². The molecule has 1 aliphatic carbocycles. The number of likely N-dealkylation sites (tertiary alicyclic amines) is 1. The monoisotopic (exact) mass is 602 g/mol. The summed E-state index contributed by atoms with van der Waals surface area (Å²) in [5, 5.41) is 9.97. The number of hydrogen-bond acceptors (Lipinski definition) is 7. The molecule has 10 heteroatoms. The minimum atomic E-state index is -0.290. The van der Waals surface area contributed by atoms with Crippen molar-refractivity contribution < 1.29 is 9.13 Å². The van der Waals surface area contributed by atoms with E-state index in [1.54, 1.807) is 23.7 Å². The van der Waals surface area contributed by atoms with Crippen LogP contribution in [0.2, 0.25) is 5.02 Å². The second-order valence-electron chi connectivity index (χ2n) is 11.3. The molecular weight excluding hydrogens is 571 g/mol. The number of benzene rings is 2. The van der Waals surface area contributed by atoms with Gasteiger partial charge in [0.15, 0.2) is 0 Å². The number of ether oxygens (including phenoxy) is 1. The van der Waals surface area contributed by atoms with E-state index in [2.05, 4.69) is 38.1 Å². The Kier molecular flexibility index (Phi) is 7.56. The minimum Gasteiger partial charge on any atom is -0.487 e. The van der Waals surface area contributed by atoms with Crippen molar-refractivity contribution >= 4 is 44.7 Å². The topological polar surface area (TPSA) is 68.1 Å². The number of hydrogen-bond donors (Lipinski definition) is 1. The number of thiophene rings is 1. The largest absolute Gasteiger partial charge is 0.487 e. The molecule has 0 amide bonds. The van der Waals surface area contributed by atoms with E-state index in [4.69, 9.17) is 21.4 Å². The van der Waals surface area contributed by atoms with E-state index in [1.165, 1.54) is 66.2 Å². The lowest BCUT2D eigenvalue weighted by Crippen LogP contribution is -2.30. The van der Waals surface area contributed by atoms with Crippen LogP contribution in [0.5, 0.6) is 5.75 Å².